The van der Waals surface area contributed by atoms with Crippen LogP contribution in [-0.4, -0.2) is 35.4 Å². The number of hydrogen-bond donors (Lipinski definition) is 1. The Morgan fingerprint density at radius 1 is 1.00 bits per heavy atom. The first-order valence-corrected chi connectivity index (χ1v) is 12.0. The zero-order chi connectivity index (χ0) is 25.2. The maximum Gasteiger partial charge on any atom is 0.261 e. The molecule has 3 rings (SSSR count). The summed E-state index contributed by atoms with van der Waals surface area (Å²) in [5, 5.41) is 3.49. The lowest BCUT2D eigenvalue weighted by Crippen LogP contribution is -2.53. The summed E-state index contributed by atoms with van der Waals surface area (Å²) in [6.07, 6.45) is 1.05. The molecule has 0 spiro atoms. The van der Waals surface area contributed by atoms with E-state index in [-0.39, 0.29) is 24.2 Å². The Bertz CT molecular complexity index is 1130. The van der Waals surface area contributed by atoms with Crippen LogP contribution in [-0.2, 0) is 22.6 Å². The first kappa shape index (κ1) is 26.2. The third kappa shape index (κ3) is 7.55. The number of para-hydroxylation sites is 1. The summed E-state index contributed by atoms with van der Waals surface area (Å²) in [5.41, 5.74) is 1.60. The quantitative estimate of drug-likeness (QED) is 0.386. The van der Waals surface area contributed by atoms with Crippen molar-refractivity contribution < 1.29 is 18.7 Å². The molecule has 3 aromatic rings. The highest BCUT2D eigenvalue weighted by atomic mass is 35.5. The van der Waals surface area contributed by atoms with Crippen LogP contribution in [0.5, 0.6) is 5.75 Å². The van der Waals surface area contributed by atoms with Gasteiger partial charge in [0.1, 0.15) is 6.04 Å². The molecular weight excluding hydrogens is 467 g/mol. The monoisotopic (exact) mass is 496 g/mol. The molecule has 35 heavy (non-hydrogen) atoms. The molecule has 3 aromatic carbocycles. The Hall–Kier alpha value is -3.38. The van der Waals surface area contributed by atoms with Crippen LogP contribution in [0.1, 0.15) is 31.4 Å². The molecular formula is C28H30ClFN2O3. The third-order valence-electron chi connectivity index (χ3n) is 5.76. The molecule has 0 heterocycles. The minimum absolute atomic E-state index is 0.0257. The fourth-order valence-electron chi connectivity index (χ4n) is 3.59. The number of benzene rings is 3. The van der Waals surface area contributed by atoms with Crippen molar-refractivity contribution in [2.24, 2.45) is 0 Å². The average Bonchev–Trinajstić information content (AvgIpc) is 2.87. The summed E-state index contributed by atoms with van der Waals surface area (Å²) in [6.45, 7) is 3.57. The first-order chi connectivity index (χ1) is 16.9. The first-order valence-electron chi connectivity index (χ1n) is 11.6. The van der Waals surface area contributed by atoms with Gasteiger partial charge in [-0.25, -0.2) is 4.39 Å². The zero-order valence-corrected chi connectivity index (χ0v) is 20.7. The van der Waals surface area contributed by atoms with E-state index in [0.717, 1.165) is 12.0 Å². The highest BCUT2D eigenvalue weighted by molar-refractivity contribution is 6.31. The Balaban J connectivity index is 1.93. The van der Waals surface area contributed by atoms with Crippen molar-refractivity contribution in [2.75, 3.05) is 6.61 Å². The van der Waals surface area contributed by atoms with Crippen molar-refractivity contribution >= 4 is 23.4 Å². The summed E-state index contributed by atoms with van der Waals surface area (Å²) in [6, 6.07) is 21.7. The van der Waals surface area contributed by atoms with Crippen LogP contribution in [0.3, 0.4) is 0 Å². The Labute approximate surface area is 210 Å². The van der Waals surface area contributed by atoms with Gasteiger partial charge in [0.15, 0.2) is 18.2 Å². The van der Waals surface area contributed by atoms with Gasteiger partial charge in [0.05, 0.1) is 0 Å². The van der Waals surface area contributed by atoms with Crippen LogP contribution in [0.15, 0.2) is 78.9 Å². The molecule has 0 aliphatic rings. The van der Waals surface area contributed by atoms with Crippen molar-refractivity contribution in [2.45, 2.75) is 45.3 Å². The molecule has 0 radical (unpaired) electrons. The molecule has 0 saturated heterocycles. The minimum atomic E-state index is -0.820. The van der Waals surface area contributed by atoms with Gasteiger partial charge in [-0.05, 0) is 42.7 Å². The lowest BCUT2D eigenvalue weighted by Gasteiger charge is -2.32. The van der Waals surface area contributed by atoms with Crippen molar-refractivity contribution in [3.8, 4) is 5.75 Å². The third-order valence-corrected chi connectivity index (χ3v) is 6.13. The van der Waals surface area contributed by atoms with Gasteiger partial charge in [0.2, 0.25) is 5.91 Å². The summed E-state index contributed by atoms with van der Waals surface area (Å²) >= 11 is 6.40. The zero-order valence-electron chi connectivity index (χ0n) is 19.9. The Morgan fingerprint density at radius 2 is 1.66 bits per heavy atom. The molecule has 0 aliphatic carbocycles. The van der Waals surface area contributed by atoms with Crippen molar-refractivity contribution in [1.82, 2.24) is 10.2 Å². The Kier molecular flexibility index (Phi) is 9.67. The van der Waals surface area contributed by atoms with Gasteiger partial charge >= 0.3 is 0 Å². The van der Waals surface area contributed by atoms with E-state index in [1.54, 1.807) is 24.3 Å². The summed E-state index contributed by atoms with van der Waals surface area (Å²) < 4.78 is 19.6. The van der Waals surface area contributed by atoms with Crippen molar-refractivity contribution in [1.29, 1.82) is 0 Å². The van der Waals surface area contributed by atoms with Gasteiger partial charge in [-0.3, -0.25) is 9.59 Å². The second-order valence-corrected chi connectivity index (χ2v) is 8.76. The minimum Gasteiger partial charge on any atom is -0.481 e. The number of carbonyl (C=O) groups excluding carboxylic acids is 2. The molecule has 5 nitrogen and oxygen atoms in total. The van der Waals surface area contributed by atoms with E-state index in [2.05, 4.69) is 5.32 Å². The van der Waals surface area contributed by atoms with Gasteiger partial charge in [0, 0.05) is 24.0 Å². The predicted molar refractivity (Wildman–Crippen MR) is 136 cm³/mol. The largest absolute Gasteiger partial charge is 0.481 e. The van der Waals surface area contributed by atoms with E-state index < -0.39 is 24.4 Å². The molecule has 0 aromatic heterocycles. The standard InChI is InChI=1S/C28H30ClFN2O3/c1-3-20(2)31-28(34)25(17-21-11-5-4-6-12-21)32(18-22-13-7-8-14-23(22)29)27(33)19-35-26-16-10-9-15-24(26)30/h4-16,20,25H,3,17-19H2,1-2H3,(H,31,34)/t20-,25-/m0/s1. The molecule has 0 saturated carbocycles. The summed E-state index contributed by atoms with van der Waals surface area (Å²) in [7, 11) is 0. The van der Waals surface area contributed by atoms with Gasteiger partial charge in [-0.15, -0.1) is 0 Å². The highest BCUT2D eigenvalue weighted by Crippen LogP contribution is 2.21. The van der Waals surface area contributed by atoms with E-state index in [1.165, 1.54) is 17.0 Å². The number of nitrogens with one attached hydrogen (secondary N) is 1. The smallest absolute Gasteiger partial charge is 0.261 e. The number of nitrogens with zero attached hydrogens (tertiary/aromatic N) is 1. The Morgan fingerprint density at radius 3 is 2.34 bits per heavy atom. The second kappa shape index (κ2) is 12.9. The van der Waals surface area contributed by atoms with Gasteiger partial charge in [-0.2, -0.15) is 0 Å². The average molecular weight is 497 g/mol. The van der Waals surface area contributed by atoms with Crippen LogP contribution >= 0.6 is 11.6 Å². The van der Waals surface area contributed by atoms with E-state index >= 15 is 0 Å². The van der Waals surface area contributed by atoms with Crippen LogP contribution < -0.4 is 10.1 Å². The van der Waals surface area contributed by atoms with E-state index in [4.69, 9.17) is 16.3 Å². The molecule has 2 amide bonds. The highest BCUT2D eigenvalue weighted by Gasteiger charge is 2.31. The van der Waals surface area contributed by atoms with Crippen molar-refractivity contribution in [3.63, 3.8) is 0 Å². The molecule has 2 atom stereocenters. The fraction of sp³-hybridized carbons (Fsp3) is 0.286. The van der Waals surface area contributed by atoms with Gasteiger partial charge in [-0.1, -0.05) is 79.2 Å². The molecule has 7 heteroatoms. The number of ether oxygens (including phenoxy) is 1. The van der Waals surface area contributed by atoms with Crippen LogP contribution in [0.25, 0.3) is 0 Å². The number of rotatable bonds is 11. The predicted octanol–water partition coefficient (Wildman–Crippen LogP) is 5.41. The molecule has 0 aliphatic heterocycles. The van der Waals surface area contributed by atoms with Crippen LogP contribution in [0, 0.1) is 5.82 Å². The van der Waals surface area contributed by atoms with E-state index in [0.29, 0.717) is 17.0 Å². The number of hydrogen-bond acceptors (Lipinski definition) is 3. The second-order valence-electron chi connectivity index (χ2n) is 8.36. The topological polar surface area (TPSA) is 58.6 Å². The van der Waals surface area contributed by atoms with E-state index in [9.17, 15) is 14.0 Å². The normalized spacial score (nSPS) is 12.5. The number of amides is 2. The molecule has 0 unspecified atom stereocenters. The number of halogens is 2. The molecule has 1 N–H and O–H groups in total. The van der Waals surface area contributed by atoms with Crippen LogP contribution in [0.4, 0.5) is 4.39 Å². The van der Waals surface area contributed by atoms with Gasteiger partial charge < -0.3 is 15.0 Å². The maximum atomic E-state index is 14.1. The lowest BCUT2D eigenvalue weighted by atomic mass is 10.0. The molecule has 184 valence electrons. The fourth-order valence-corrected chi connectivity index (χ4v) is 3.78. The summed E-state index contributed by atoms with van der Waals surface area (Å²) in [5.74, 6) is -1.31. The molecule has 0 bridgehead atoms. The maximum absolute atomic E-state index is 14.1. The molecule has 0 fully saturated rings. The number of carbonyl (C=O) groups is 2. The summed E-state index contributed by atoms with van der Waals surface area (Å²) in [4.78, 5) is 28.4. The SMILES string of the molecule is CC[C@H](C)NC(=O)[C@H](Cc1ccccc1)N(Cc1ccccc1Cl)C(=O)COc1ccccc1F. The van der Waals surface area contributed by atoms with Crippen LogP contribution in [0.2, 0.25) is 5.02 Å². The van der Waals surface area contributed by atoms with Crippen molar-refractivity contribution in [3.05, 3.63) is 101 Å². The van der Waals surface area contributed by atoms with Gasteiger partial charge in [0.25, 0.3) is 5.91 Å². The van der Waals surface area contributed by atoms with E-state index in [1.807, 2.05) is 56.3 Å². The lowest BCUT2D eigenvalue weighted by molar-refractivity contribution is -0.143.